The summed E-state index contributed by atoms with van der Waals surface area (Å²) >= 11 is 3.81. The SMILES string of the molecule is COc1ccc(N(C2=Nc3occc3CN2c2cccc(OC)c2)C2(c3ccc(OC)cc3)Nc3occc3C(=N)N2Br)cc1. The molecule has 0 bridgehead atoms. The van der Waals surface area contributed by atoms with E-state index in [1.807, 2.05) is 83.8 Å². The van der Waals surface area contributed by atoms with Crippen molar-refractivity contribution < 1.29 is 23.0 Å². The van der Waals surface area contributed by atoms with Crippen LogP contribution in [0.3, 0.4) is 0 Å². The van der Waals surface area contributed by atoms with Crippen molar-refractivity contribution in [3.63, 3.8) is 0 Å². The molecule has 0 fully saturated rings. The minimum atomic E-state index is -1.36. The Balaban J connectivity index is 1.54. The van der Waals surface area contributed by atoms with Gasteiger partial charge >= 0.3 is 0 Å². The topological polar surface area (TPSA) is 112 Å². The third-order valence-electron chi connectivity index (χ3n) is 7.90. The Hall–Kier alpha value is -5.36. The van der Waals surface area contributed by atoms with Gasteiger partial charge in [0.15, 0.2) is 0 Å². The number of hydrogen-bond donors (Lipinski definition) is 2. The number of benzene rings is 3. The second-order valence-electron chi connectivity index (χ2n) is 10.3. The van der Waals surface area contributed by atoms with Crippen LogP contribution in [0.15, 0.2) is 111 Å². The number of nitrogens with zero attached hydrogens (tertiary/aromatic N) is 4. The second kappa shape index (κ2) is 11.3. The summed E-state index contributed by atoms with van der Waals surface area (Å²) in [5, 5.41) is 12.9. The summed E-state index contributed by atoms with van der Waals surface area (Å²) in [5.41, 5.74) is 3.83. The van der Waals surface area contributed by atoms with E-state index in [-0.39, 0.29) is 5.84 Å². The molecule has 0 saturated heterocycles. The van der Waals surface area contributed by atoms with Crippen molar-refractivity contribution in [1.29, 1.82) is 5.41 Å². The van der Waals surface area contributed by atoms with Crippen molar-refractivity contribution in [2.24, 2.45) is 4.99 Å². The first-order chi connectivity index (χ1) is 22.0. The van der Waals surface area contributed by atoms with Crippen molar-refractivity contribution in [2.75, 3.05) is 36.4 Å². The van der Waals surface area contributed by atoms with Crippen LogP contribution < -0.4 is 29.3 Å². The largest absolute Gasteiger partial charge is 0.497 e. The van der Waals surface area contributed by atoms with Crippen LogP contribution in [0.4, 0.5) is 23.1 Å². The molecular weight excluding hydrogens is 640 g/mol. The summed E-state index contributed by atoms with van der Waals surface area (Å²) in [6.07, 6.45) is 3.20. The van der Waals surface area contributed by atoms with Gasteiger partial charge in [0.25, 0.3) is 0 Å². The van der Waals surface area contributed by atoms with Gasteiger partial charge in [0, 0.05) is 28.6 Å². The van der Waals surface area contributed by atoms with Crippen LogP contribution in [-0.4, -0.2) is 37.1 Å². The quantitative estimate of drug-likeness (QED) is 0.173. The smallest absolute Gasteiger partial charge is 0.237 e. The fourth-order valence-corrected chi connectivity index (χ4v) is 6.26. The standard InChI is InChI=1S/C33H29BrN6O5/c1-41-25-11-7-22(8-12-25)33(37-31-28(16-18-45-31)29(35)40(33)34)39(23-9-13-26(42-2)14-10-23)32-36-30-21(15-17-44-30)20-38(32)24-5-4-6-27(19-24)43-3/h4-19,35,37H,20H2,1-3H3. The van der Waals surface area contributed by atoms with Gasteiger partial charge in [0.05, 0.1) is 62.1 Å². The molecule has 2 aliphatic heterocycles. The summed E-state index contributed by atoms with van der Waals surface area (Å²) < 4.78 is 30.1. The maximum Gasteiger partial charge on any atom is 0.237 e. The highest BCUT2D eigenvalue weighted by atomic mass is 79.9. The Kier molecular flexibility index (Phi) is 7.13. The van der Waals surface area contributed by atoms with Gasteiger partial charge in [-0.1, -0.05) is 6.07 Å². The Bertz CT molecular complexity index is 1890. The highest BCUT2D eigenvalue weighted by molar-refractivity contribution is 9.07. The molecule has 12 heteroatoms. The third-order valence-corrected chi connectivity index (χ3v) is 8.76. The van der Waals surface area contributed by atoms with E-state index in [9.17, 15) is 5.41 Å². The molecule has 0 amide bonds. The predicted molar refractivity (Wildman–Crippen MR) is 175 cm³/mol. The highest BCUT2D eigenvalue weighted by Gasteiger charge is 2.53. The molecule has 4 heterocycles. The van der Waals surface area contributed by atoms with E-state index in [1.54, 1.807) is 43.8 Å². The van der Waals surface area contributed by atoms with Gasteiger partial charge in [0.2, 0.25) is 23.5 Å². The number of aliphatic imine (C=N–C) groups is 1. The van der Waals surface area contributed by atoms with Crippen LogP contribution in [-0.2, 0) is 12.3 Å². The Morgan fingerprint density at radius 3 is 2.27 bits per heavy atom. The summed E-state index contributed by atoms with van der Waals surface area (Å²) in [6, 6.07) is 26.7. The first kappa shape index (κ1) is 28.4. The molecule has 0 saturated carbocycles. The molecule has 0 radical (unpaired) electrons. The summed E-state index contributed by atoms with van der Waals surface area (Å²) in [6.45, 7) is 0.453. The molecule has 3 aromatic carbocycles. The minimum Gasteiger partial charge on any atom is -0.497 e. The van der Waals surface area contributed by atoms with Crippen LogP contribution in [0.25, 0.3) is 0 Å². The van der Waals surface area contributed by atoms with Gasteiger partial charge in [-0.15, -0.1) is 0 Å². The summed E-state index contributed by atoms with van der Waals surface area (Å²) in [4.78, 5) is 9.23. The first-order valence-corrected chi connectivity index (χ1v) is 14.7. The zero-order chi connectivity index (χ0) is 31.1. The molecule has 45 heavy (non-hydrogen) atoms. The van der Waals surface area contributed by atoms with Crippen molar-refractivity contribution >= 4 is 51.1 Å². The number of fused-ring (bicyclic) bond motifs is 2. The number of guanidine groups is 1. The van der Waals surface area contributed by atoms with Crippen molar-refractivity contribution in [2.45, 2.75) is 12.3 Å². The number of rotatable bonds is 7. The molecule has 0 spiro atoms. The lowest BCUT2D eigenvalue weighted by Crippen LogP contribution is -2.67. The van der Waals surface area contributed by atoms with Gasteiger partial charge < -0.3 is 33.3 Å². The lowest BCUT2D eigenvalue weighted by atomic mass is 10.0. The number of nitrogens with one attached hydrogen (secondary N) is 2. The molecule has 0 aliphatic carbocycles. The fraction of sp³-hybridized carbons (Fsp3) is 0.152. The predicted octanol–water partition coefficient (Wildman–Crippen LogP) is 7.29. The molecule has 5 aromatic rings. The van der Waals surface area contributed by atoms with Gasteiger partial charge in [-0.2, -0.15) is 4.99 Å². The number of furan rings is 2. The minimum absolute atomic E-state index is 0.176. The van der Waals surface area contributed by atoms with E-state index in [2.05, 4.69) is 26.4 Å². The lowest BCUT2D eigenvalue weighted by Gasteiger charge is -2.53. The van der Waals surface area contributed by atoms with E-state index in [0.717, 1.165) is 22.5 Å². The van der Waals surface area contributed by atoms with Crippen LogP contribution in [0.1, 0.15) is 16.7 Å². The maximum absolute atomic E-state index is 9.29. The molecule has 2 aromatic heterocycles. The first-order valence-electron chi connectivity index (χ1n) is 14.0. The summed E-state index contributed by atoms with van der Waals surface area (Å²) in [5.74, 6) is 2.30. The molecule has 1 unspecified atom stereocenters. The normalized spacial score (nSPS) is 17.2. The molecule has 11 nitrogen and oxygen atoms in total. The Morgan fingerprint density at radius 2 is 1.56 bits per heavy atom. The average Bonchev–Trinajstić information content (AvgIpc) is 3.76. The molecule has 2 N–H and O–H groups in total. The number of halogens is 1. The van der Waals surface area contributed by atoms with E-state index in [4.69, 9.17) is 28.0 Å². The molecule has 7 rings (SSSR count). The maximum atomic E-state index is 9.29. The van der Waals surface area contributed by atoms with Crippen molar-refractivity contribution in [3.05, 3.63) is 114 Å². The van der Waals surface area contributed by atoms with Crippen molar-refractivity contribution in [1.82, 2.24) is 3.93 Å². The van der Waals surface area contributed by atoms with Crippen LogP contribution in [0.5, 0.6) is 17.2 Å². The molecule has 2 aliphatic rings. The van der Waals surface area contributed by atoms with Crippen LogP contribution >= 0.6 is 16.1 Å². The zero-order valence-electron chi connectivity index (χ0n) is 24.7. The molecule has 228 valence electrons. The van der Waals surface area contributed by atoms with E-state index in [1.165, 1.54) is 0 Å². The fourth-order valence-electron chi connectivity index (χ4n) is 5.62. The average molecular weight is 670 g/mol. The lowest BCUT2D eigenvalue weighted by molar-refractivity contribution is 0.332. The van der Waals surface area contributed by atoms with E-state index >= 15 is 0 Å². The van der Waals surface area contributed by atoms with Crippen LogP contribution in [0, 0.1) is 5.41 Å². The Labute approximate surface area is 268 Å². The van der Waals surface area contributed by atoms with E-state index < -0.39 is 5.79 Å². The van der Waals surface area contributed by atoms with Crippen molar-refractivity contribution in [3.8, 4) is 17.2 Å². The van der Waals surface area contributed by atoms with Gasteiger partial charge in [-0.3, -0.25) is 10.3 Å². The Morgan fingerprint density at radius 1 is 0.867 bits per heavy atom. The van der Waals surface area contributed by atoms with Gasteiger partial charge in [0.1, 0.15) is 23.1 Å². The van der Waals surface area contributed by atoms with E-state index in [0.29, 0.717) is 47.1 Å². The second-order valence-corrected chi connectivity index (χ2v) is 11.0. The van der Waals surface area contributed by atoms with Gasteiger partial charge in [-0.25, -0.2) is 3.93 Å². The van der Waals surface area contributed by atoms with Gasteiger partial charge in [-0.05, 0) is 72.8 Å². The molecule has 1 atom stereocenters. The number of methoxy groups -OCH3 is 3. The highest BCUT2D eigenvalue weighted by Crippen LogP contribution is 2.47. The summed E-state index contributed by atoms with van der Waals surface area (Å²) in [7, 11) is 4.89. The monoisotopic (exact) mass is 668 g/mol. The third kappa shape index (κ3) is 4.65. The molecular formula is C33H29BrN6O5. The number of ether oxygens (including phenoxy) is 3. The number of hydrogen-bond acceptors (Lipinski definition) is 10. The zero-order valence-corrected chi connectivity index (χ0v) is 26.2. The van der Waals surface area contributed by atoms with Crippen LogP contribution in [0.2, 0.25) is 0 Å². The number of amidine groups is 1. The number of anilines is 3.